The summed E-state index contributed by atoms with van der Waals surface area (Å²) in [5.41, 5.74) is 6.50. The molecular formula is C21H23N3O5S. The fraction of sp³-hybridized carbons (Fsp3) is 0.286. The van der Waals surface area contributed by atoms with Gasteiger partial charge in [-0.3, -0.25) is 14.4 Å². The summed E-state index contributed by atoms with van der Waals surface area (Å²) in [5.74, 6) is -1.12. The van der Waals surface area contributed by atoms with E-state index in [1.165, 1.54) is 26.4 Å². The fourth-order valence-electron chi connectivity index (χ4n) is 3.32. The number of methoxy groups -OCH3 is 2. The number of hydrogen-bond acceptors (Lipinski definition) is 6. The largest absolute Gasteiger partial charge is 0.493 e. The highest BCUT2D eigenvalue weighted by molar-refractivity contribution is 7.98. The molecule has 0 bridgehead atoms. The van der Waals surface area contributed by atoms with Crippen molar-refractivity contribution in [2.24, 2.45) is 11.7 Å². The third kappa shape index (κ3) is 4.35. The van der Waals surface area contributed by atoms with Crippen LogP contribution in [0.3, 0.4) is 0 Å². The molecule has 1 heterocycles. The van der Waals surface area contributed by atoms with E-state index in [0.717, 1.165) is 10.6 Å². The summed E-state index contributed by atoms with van der Waals surface area (Å²) >= 11 is 1.61. The molecule has 3 amide bonds. The predicted molar refractivity (Wildman–Crippen MR) is 115 cm³/mol. The first-order chi connectivity index (χ1) is 14.4. The lowest BCUT2D eigenvalue weighted by Gasteiger charge is -2.18. The zero-order valence-electron chi connectivity index (χ0n) is 16.9. The molecule has 0 radical (unpaired) electrons. The van der Waals surface area contributed by atoms with Gasteiger partial charge in [0, 0.05) is 29.6 Å². The van der Waals surface area contributed by atoms with Crippen LogP contribution in [0.4, 0.5) is 11.4 Å². The highest BCUT2D eigenvalue weighted by Gasteiger charge is 2.35. The van der Waals surface area contributed by atoms with Crippen LogP contribution in [-0.2, 0) is 9.59 Å². The Balaban J connectivity index is 1.79. The number of carbonyl (C=O) groups is 3. The van der Waals surface area contributed by atoms with Gasteiger partial charge in [-0.25, -0.2) is 0 Å². The number of thioether (sulfide) groups is 1. The minimum Gasteiger partial charge on any atom is -0.493 e. The van der Waals surface area contributed by atoms with Crippen LogP contribution in [0.25, 0.3) is 0 Å². The van der Waals surface area contributed by atoms with Gasteiger partial charge in [-0.05, 0) is 36.6 Å². The lowest BCUT2D eigenvalue weighted by molar-refractivity contribution is -0.122. The lowest BCUT2D eigenvalue weighted by atomic mass is 10.1. The van der Waals surface area contributed by atoms with E-state index in [9.17, 15) is 14.4 Å². The molecule has 3 rings (SSSR count). The first-order valence-electron chi connectivity index (χ1n) is 9.19. The van der Waals surface area contributed by atoms with Crippen molar-refractivity contribution in [3.63, 3.8) is 0 Å². The van der Waals surface area contributed by atoms with E-state index in [1.54, 1.807) is 16.7 Å². The smallest absolute Gasteiger partial charge is 0.250 e. The molecule has 1 unspecified atom stereocenters. The highest BCUT2D eigenvalue weighted by atomic mass is 32.2. The van der Waals surface area contributed by atoms with E-state index < -0.39 is 11.8 Å². The van der Waals surface area contributed by atoms with Gasteiger partial charge in [0.25, 0.3) is 5.91 Å². The molecule has 0 spiro atoms. The quantitative estimate of drug-likeness (QED) is 0.655. The van der Waals surface area contributed by atoms with Crippen molar-refractivity contribution >= 4 is 40.9 Å². The zero-order valence-corrected chi connectivity index (χ0v) is 17.7. The van der Waals surface area contributed by atoms with Crippen LogP contribution in [0.5, 0.6) is 11.5 Å². The number of carbonyl (C=O) groups excluding carboxylic acids is 3. The minimum absolute atomic E-state index is 0.0787. The van der Waals surface area contributed by atoms with E-state index in [1.807, 2.05) is 30.5 Å². The summed E-state index contributed by atoms with van der Waals surface area (Å²) < 4.78 is 10.4. The van der Waals surface area contributed by atoms with E-state index in [2.05, 4.69) is 5.32 Å². The number of nitrogens with one attached hydrogen (secondary N) is 1. The Labute approximate surface area is 178 Å². The molecule has 2 aromatic rings. The maximum Gasteiger partial charge on any atom is 0.250 e. The number of primary amides is 1. The maximum absolute atomic E-state index is 12.8. The molecule has 1 fully saturated rings. The average Bonchev–Trinajstić information content (AvgIpc) is 3.15. The fourth-order valence-corrected chi connectivity index (χ4v) is 3.72. The molecule has 1 aliphatic heterocycles. The monoisotopic (exact) mass is 429 g/mol. The Kier molecular flexibility index (Phi) is 6.51. The number of nitrogens with zero attached hydrogens (tertiary/aromatic N) is 1. The Bertz CT molecular complexity index is 977. The van der Waals surface area contributed by atoms with E-state index in [0.29, 0.717) is 11.5 Å². The Morgan fingerprint density at radius 3 is 2.33 bits per heavy atom. The summed E-state index contributed by atoms with van der Waals surface area (Å²) in [6.45, 7) is 0.252. The van der Waals surface area contributed by atoms with Crippen LogP contribution in [0.1, 0.15) is 16.8 Å². The molecule has 1 saturated heterocycles. The van der Waals surface area contributed by atoms with Gasteiger partial charge in [-0.15, -0.1) is 11.8 Å². The number of rotatable bonds is 7. The first-order valence-corrected chi connectivity index (χ1v) is 10.4. The van der Waals surface area contributed by atoms with E-state index in [-0.39, 0.29) is 36.0 Å². The van der Waals surface area contributed by atoms with E-state index >= 15 is 0 Å². The number of anilines is 2. The predicted octanol–water partition coefficient (Wildman–Crippen LogP) is 2.52. The topological polar surface area (TPSA) is 111 Å². The molecule has 30 heavy (non-hydrogen) atoms. The van der Waals surface area contributed by atoms with Crippen molar-refractivity contribution < 1.29 is 23.9 Å². The number of nitrogens with two attached hydrogens (primary N) is 1. The normalized spacial score (nSPS) is 15.8. The third-order valence-corrected chi connectivity index (χ3v) is 5.67. The molecular weight excluding hydrogens is 406 g/mol. The molecule has 0 saturated carbocycles. The molecule has 0 aliphatic carbocycles. The van der Waals surface area contributed by atoms with Gasteiger partial charge in [0.1, 0.15) is 0 Å². The zero-order chi connectivity index (χ0) is 21.8. The summed E-state index contributed by atoms with van der Waals surface area (Å²) in [6.07, 6.45) is 2.06. The van der Waals surface area contributed by atoms with Gasteiger partial charge in [-0.2, -0.15) is 0 Å². The van der Waals surface area contributed by atoms with Gasteiger partial charge in [0.05, 0.1) is 31.4 Å². The summed E-state index contributed by atoms with van der Waals surface area (Å²) in [7, 11) is 2.88. The van der Waals surface area contributed by atoms with Crippen molar-refractivity contribution in [3.05, 3.63) is 42.0 Å². The van der Waals surface area contributed by atoms with Crippen LogP contribution >= 0.6 is 11.8 Å². The molecule has 158 valence electrons. The SMILES string of the molecule is COc1cc(NC(=O)C2CC(=O)N(c3ccc(SC)cc3)C2)c(C(N)=O)cc1OC. The first kappa shape index (κ1) is 21.5. The van der Waals surface area contributed by atoms with Crippen molar-refractivity contribution in [1.29, 1.82) is 0 Å². The van der Waals surface area contributed by atoms with E-state index in [4.69, 9.17) is 15.2 Å². The molecule has 9 heteroatoms. The second kappa shape index (κ2) is 9.08. The average molecular weight is 429 g/mol. The van der Waals surface area contributed by atoms with Gasteiger partial charge < -0.3 is 25.4 Å². The molecule has 0 aromatic heterocycles. The summed E-state index contributed by atoms with van der Waals surface area (Å²) in [4.78, 5) is 39.9. The van der Waals surface area contributed by atoms with Crippen molar-refractivity contribution in [3.8, 4) is 11.5 Å². The number of ether oxygens (including phenoxy) is 2. The molecule has 1 aliphatic rings. The minimum atomic E-state index is -0.718. The van der Waals surface area contributed by atoms with Gasteiger partial charge >= 0.3 is 0 Å². The third-order valence-electron chi connectivity index (χ3n) is 4.93. The van der Waals surface area contributed by atoms with Crippen LogP contribution in [0, 0.1) is 5.92 Å². The van der Waals surface area contributed by atoms with Gasteiger partial charge in [-0.1, -0.05) is 0 Å². The second-order valence-corrected chi connectivity index (χ2v) is 7.59. The standard InChI is InChI=1S/C21H23N3O5S/c1-28-17-9-15(20(22)26)16(10-18(17)29-2)23-21(27)12-8-19(25)24(11-12)13-4-6-14(30-3)7-5-13/h4-7,9-10,12H,8,11H2,1-3H3,(H2,22,26)(H,23,27). The molecule has 8 nitrogen and oxygen atoms in total. The number of benzene rings is 2. The Morgan fingerprint density at radius 2 is 1.77 bits per heavy atom. The van der Waals surface area contributed by atoms with Crippen molar-refractivity contribution in [1.82, 2.24) is 0 Å². The maximum atomic E-state index is 12.8. The van der Waals surface area contributed by atoms with Gasteiger partial charge in [0.2, 0.25) is 11.8 Å². The van der Waals surface area contributed by atoms with Crippen LogP contribution in [-0.4, -0.2) is 44.7 Å². The summed E-state index contributed by atoms with van der Waals surface area (Å²) in [6, 6.07) is 10.5. The Morgan fingerprint density at radius 1 is 1.13 bits per heavy atom. The highest BCUT2D eigenvalue weighted by Crippen LogP contribution is 2.34. The second-order valence-electron chi connectivity index (χ2n) is 6.71. The molecule has 2 aromatic carbocycles. The Hall–Kier alpha value is -3.20. The number of hydrogen-bond donors (Lipinski definition) is 2. The molecule has 3 N–H and O–H groups in total. The van der Waals surface area contributed by atoms with Crippen LogP contribution < -0.4 is 25.4 Å². The molecule has 1 atom stereocenters. The number of amides is 3. The lowest BCUT2D eigenvalue weighted by Crippen LogP contribution is -2.28. The summed E-state index contributed by atoms with van der Waals surface area (Å²) in [5, 5.41) is 2.71. The van der Waals surface area contributed by atoms with Gasteiger partial charge in [0.15, 0.2) is 11.5 Å². The van der Waals surface area contributed by atoms with Crippen LogP contribution in [0.15, 0.2) is 41.3 Å². The van der Waals surface area contributed by atoms with Crippen molar-refractivity contribution in [2.45, 2.75) is 11.3 Å². The van der Waals surface area contributed by atoms with Crippen molar-refractivity contribution in [2.75, 3.05) is 37.2 Å². The van der Waals surface area contributed by atoms with Crippen LogP contribution in [0.2, 0.25) is 0 Å².